The lowest BCUT2D eigenvalue weighted by atomic mass is 10.2. The summed E-state index contributed by atoms with van der Waals surface area (Å²) >= 11 is 0. The molecule has 0 atom stereocenters. The molecule has 0 aliphatic rings. The number of aromatic nitrogens is 4. The van der Waals surface area contributed by atoms with Crippen LogP contribution in [-0.4, -0.2) is 26.7 Å². The van der Waals surface area contributed by atoms with E-state index in [2.05, 4.69) is 27.3 Å². The molecular formula is C15H17N5O. The number of aryl methyl sites for hydroxylation is 1. The molecule has 0 aliphatic carbocycles. The molecule has 6 heteroatoms. The third kappa shape index (κ3) is 2.65. The molecule has 3 aromatic rings. The molecule has 0 amide bonds. The molecule has 0 unspecified atom stereocenters. The van der Waals surface area contributed by atoms with Crippen LogP contribution in [0.2, 0.25) is 0 Å². The second-order valence-corrected chi connectivity index (χ2v) is 4.68. The van der Waals surface area contributed by atoms with Crippen molar-refractivity contribution >= 4 is 17.3 Å². The lowest BCUT2D eigenvalue weighted by Gasteiger charge is -2.12. The van der Waals surface area contributed by atoms with E-state index >= 15 is 0 Å². The van der Waals surface area contributed by atoms with Gasteiger partial charge in [0.25, 0.3) is 5.78 Å². The van der Waals surface area contributed by atoms with Crippen LogP contribution in [-0.2, 0) is 6.42 Å². The Morgan fingerprint density at radius 3 is 2.95 bits per heavy atom. The Bertz CT molecular complexity index is 753. The van der Waals surface area contributed by atoms with Gasteiger partial charge in [0.2, 0.25) is 0 Å². The van der Waals surface area contributed by atoms with Crippen LogP contribution >= 0.6 is 0 Å². The number of hydrogen-bond donors (Lipinski definition) is 1. The van der Waals surface area contributed by atoms with Crippen molar-refractivity contribution in [1.29, 1.82) is 0 Å². The van der Waals surface area contributed by atoms with E-state index in [1.807, 2.05) is 30.3 Å². The first-order valence-corrected chi connectivity index (χ1v) is 6.91. The average Bonchev–Trinajstić information content (AvgIpc) is 2.97. The van der Waals surface area contributed by atoms with Crippen molar-refractivity contribution in [2.75, 3.05) is 12.4 Å². The standard InChI is InChI=1S/C15H17N5O/c1-3-6-11-9-14(20-15(18-11)16-10-17-20)19-12-7-4-5-8-13(12)21-2/h4-5,7-10,19H,3,6H2,1-2H3. The number of methoxy groups -OCH3 is 1. The number of benzene rings is 1. The third-order valence-corrected chi connectivity index (χ3v) is 3.18. The molecule has 6 nitrogen and oxygen atoms in total. The zero-order chi connectivity index (χ0) is 14.7. The number of rotatable bonds is 5. The second kappa shape index (κ2) is 5.78. The van der Waals surface area contributed by atoms with Crippen molar-refractivity contribution in [2.45, 2.75) is 19.8 Å². The van der Waals surface area contributed by atoms with Gasteiger partial charge in [0, 0.05) is 11.8 Å². The van der Waals surface area contributed by atoms with E-state index in [1.54, 1.807) is 11.6 Å². The number of fused-ring (bicyclic) bond motifs is 1. The molecule has 1 aromatic carbocycles. The highest BCUT2D eigenvalue weighted by Gasteiger charge is 2.09. The maximum absolute atomic E-state index is 5.37. The van der Waals surface area contributed by atoms with Crippen LogP contribution in [0.25, 0.3) is 5.78 Å². The van der Waals surface area contributed by atoms with Crippen molar-refractivity contribution in [3.63, 3.8) is 0 Å². The highest BCUT2D eigenvalue weighted by atomic mass is 16.5. The predicted octanol–water partition coefficient (Wildman–Crippen LogP) is 2.83. The monoisotopic (exact) mass is 283 g/mol. The first-order chi connectivity index (χ1) is 10.3. The molecule has 2 heterocycles. The maximum Gasteiger partial charge on any atom is 0.254 e. The van der Waals surface area contributed by atoms with Gasteiger partial charge < -0.3 is 10.1 Å². The highest BCUT2D eigenvalue weighted by Crippen LogP contribution is 2.27. The molecule has 0 saturated carbocycles. The zero-order valence-corrected chi connectivity index (χ0v) is 12.1. The van der Waals surface area contributed by atoms with Gasteiger partial charge in [-0.15, -0.1) is 0 Å². The van der Waals surface area contributed by atoms with Gasteiger partial charge in [-0.05, 0) is 18.6 Å². The van der Waals surface area contributed by atoms with Crippen molar-refractivity contribution in [3.8, 4) is 5.75 Å². The lowest BCUT2D eigenvalue weighted by Crippen LogP contribution is -2.05. The Labute approximate surface area is 122 Å². The van der Waals surface area contributed by atoms with E-state index in [0.717, 1.165) is 35.8 Å². The number of para-hydroxylation sites is 2. The molecule has 0 radical (unpaired) electrons. The van der Waals surface area contributed by atoms with Gasteiger partial charge in [-0.1, -0.05) is 25.5 Å². The van der Waals surface area contributed by atoms with E-state index in [0.29, 0.717) is 5.78 Å². The van der Waals surface area contributed by atoms with Crippen LogP contribution in [0.15, 0.2) is 36.7 Å². The summed E-state index contributed by atoms with van der Waals surface area (Å²) in [5, 5.41) is 7.56. The van der Waals surface area contributed by atoms with Crippen LogP contribution in [0, 0.1) is 0 Å². The average molecular weight is 283 g/mol. The van der Waals surface area contributed by atoms with Gasteiger partial charge in [-0.3, -0.25) is 0 Å². The Morgan fingerprint density at radius 1 is 1.29 bits per heavy atom. The number of nitrogens with one attached hydrogen (secondary N) is 1. The molecule has 0 fully saturated rings. The van der Waals surface area contributed by atoms with Crippen LogP contribution in [0.5, 0.6) is 5.75 Å². The van der Waals surface area contributed by atoms with E-state index in [4.69, 9.17) is 4.74 Å². The highest BCUT2D eigenvalue weighted by molar-refractivity contribution is 5.65. The van der Waals surface area contributed by atoms with Gasteiger partial charge in [0.1, 0.15) is 17.9 Å². The molecule has 3 rings (SSSR count). The SMILES string of the molecule is CCCc1cc(Nc2ccccc2OC)n2ncnc2n1. The number of ether oxygens (including phenoxy) is 1. The normalized spacial score (nSPS) is 10.8. The topological polar surface area (TPSA) is 64.3 Å². The molecular weight excluding hydrogens is 266 g/mol. The molecule has 108 valence electrons. The molecule has 0 bridgehead atoms. The van der Waals surface area contributed by atoms with Gasteiger partial charge in [0.15, 0.2) is 0 Å². The lowest BCUT2D eigenvalue weighted by molar-refractivity contribution is 0.417. The Kier molecular flexibility index (Phi) is 3.68. The first kappa shape index (κ1) is 13.4. The summed E-state index contributed by atoms with van der Waals surface area (Å²) in [4.78, 5) is 8.66. The maximum atomic E-state index is 5.37. The van der Waals surface area contributed by atoms with Crippen LogP contribution in [0.1, 0.15) is 19.0 Å². The van der Waals surface area contributed by atoms with Gasteiger partial charge in [-0.2, -0.15) is 14.6 Å². The number of anilines is 2. The summed E-state index contributed by atoms with van der Waals surface area (Å²) in [6, 6.07) is 9.76. The fourth-order valence-corrected chi connectivity index (χ4v) is 2.22. The molecule has 0 spiro atoms. The molecule has 2 aromatic heterocycles. The summed E-state index contributed by atoms with van der Waals surface area (Å²) in [7, 11) is 1.65. The minimum atomic E-state index is 0.596. The summed E-state index contributed by atoms with van der Waals surface area (Å²) in [5.41, 5.74) is 1.88. The largest absolute Gasteiger partial charge is 0.495 e. The summed E-state index contributed by atoms with van der Waals surface area (Å²) in [5.74, 6) is 2.20. The van der Waals surface area contributed by atoms with Crippen molar-refractivity contribution in [1.82, 2.24) is 19.6 Å². The Balaban J connectivity index is 2.04. The fourth-order valence-electron chi connectivity index (χ4n) is 2.22. The van der Waals surface area contributed by atoms with E-state index < -0.39 is 0 Å². The van der Waals surface area contributed by atoms with Crippen molar-refractivity contribution < 1.29 is 4.74 Å². The quantitative estimate of drug-likeness (QED) is 0.780. The van der Waals surface area contributed by atoms with Crippen molar-refractivity contribution in [2.24, 2.45) is 0 Å². The van der Waals surface area contributed by atoms with Gasteiger partial charge in [0.05, 0.1) is 12.8 Å². The zero-order valence-electron chi connectivity index (χ0n) is 12.1. The molecule has 21 heavy (non-hydrogen) atoms. The molecule has 1 N–H and O–H groups in total. The summed E-state index contributed by atoms with van der Waals surface area (Å²) in [6.45, 7) is 2.13. The predicted molar refractivity (Wildman–Crippen MR) is 81.1 cm³/mol. The number of nitrogens with zero attached hydrogens (tertiary/aromatic N) is 4. The van der Waals surface area contributed by atoms with Crippen LogP contribution < -0.4 is 10.1 Å². The van der Waals surface area contributed by atoms with E-state index in [-0.39, 0.29) is 0 Å². The van der Waals surface area contributed by atoms with Gasteiger partial charge >= 0.3 is 0 Å². The first-order valence-electron chi connectivity index (χ1n) is 6.91. The summed E-state index contributed by atoms with van der Waals surface area (Å²) in [6.07, 6.45) is 3.45. The fraction of sp³-hybridized carbons (Fsp3) is 0.267. The molecule has 0 aliphatic heterocycles. The number of hydrogen-bond acceptors (Lipinski definition) is 5. The second-order valence-electron chi connectivity index (χ2n) is 4.68. The van der Waals surface area contributed by atoms with Crippen LogP contribution in [0.3, 0.4) is 0 Å². The van der Waals surface area contributed by atoms with Crippen LogP contribution in [0.4, 0.5) is 11.5 Å². The van der Waals surface area contributed by atoms with Crippen molar-refractivity contribution in [3.05, 3.63) is 42.4 Å². The van der Waals surface area contributed by atoms with E-state index in [1.165, 1.54) is 6.33 Å². The smallest absolute Gasteiger partial charge is 0.254 e. The summed E-state index contributed by atoms with van der Waals surface area (Å²) < 4.78 is 7.05. The third-order valence-electron chi connectivity index (χ3n) is 3.18. The minimum absolute atomic E-state index is 0.596. The van der Waals surface area contributed by atoms with E-state index in [9.17, 15) is 0 Å². The Hall–Kier alpha value is -2.63. The minimum Gasteiger partial charge on any atom is -0.495 e. The Morgan fingerprint density at radius 2 is 2.14 bits per heavy atom. The van der Waals surface area contributed by atoms with Gasteiger partial charge in [-0.25, -0.2) is 4.98 Å². The molecule has 0 saturated heterocycles.